The maximum atomic E-state index is 12.4. The number of thiazole rings is 1. The maximum Gasteiger partial charge on any atom is 0.241 e. The number of aromatic nitrogens is 1. The van der Waals surface area contributed by atoms with Crippen molar-refractivity contribution in [2.24, 2.45) is 0 Å². The summed E-state index contributed by atoms with van der Waals surface area (Å²) < 4.78 is 27.3. The Morgan fingerprint density at radius 2 is 1.92 bits per heavy atom. The summed E-state index contributed by atoms with van der Waals surface area (Å²) in [7, 11) is -3.66. The van der Waals surface area contributed by atoms with E-state index in [1.807, 2.05) is 12.3 Å². The highest BCUT2D eigenvalue weighted by molar-refractivity contribution is 7.89. The number of sulfonamides is 1. The lowest BCUT2D eigenvalue weighted by molar-refractivity contribution is 0.475. The van der Waals surface area contributed by atoms with Crippen molar-refractivity contribution in [3.8, 4) is 17.0 Å². The zero-order valence-electron chi connectivity index (χ0n) is 13.2. The number of nitrogens with one attached hydrogen (secondary N) is 1. The van der Waals surface area contributed by atoms with Crippen LogP contribution in [-0.4, -0.2) is 18.5 Å². The van der Waals surface area contributed by atoms with E-state index in [9.17, 15) is 13.5 Å². The van der Waals surface area contributed by atoms with Crippen molar-refractivity contribution in [1.82, 2.24) is 9.71 Å². The van der Waals surface area contributed by atoms with E-state index in [0.717, 1.165) is 16.8 Å². The van der Waals surface area contributed by atoms with E-state index in [1.54, 1.807) is 30.3 Å². The summed E-state index contributed by atoms with van der Waals surface area (Å²) in [6, 6.07) is 11.3. The Labute approximate surface area is 155 Å². The Bertz CT molecular complexity index is 999. The molecule has 0 aliphatic heterocycles. The van der Waals surface area contributed by atoms with Gasteiger partial charge >= 0.3 is 0 Å². The number of aromatic hydroxyl groups is 1. The normalized spacial score (nSPS) is 11.6. The van der Waals surface area contributed by atoms with Crippen molar-refractivity contribution >= 4 is 33.0 Å². The largest absolute Gasteiger partial charge is 0.508 e. The Balaban J connectivity index is 1.73. The fourth-order valence-corrected chi connectivity index (χ4v) is 4.23. The summed E-state index contributed by atoms with van der Waals surface area (Å²) in [5, 5.41) is 12.2. The second-order valence-electron chi connectivity index (χ2n) is 5.41. The third-order valence-electron chi connectivity index (χ3n) is 3.58. The topological polar surface area (TPSA) is 79.3 Å². The van der Waals surface area contributed by atoms with Crippen LogP contribution < -0.4 is 4.72 Å². The number of hydrogen-bond acceptors (Lipinski definition) is 5. The van der Waals surface area contributed by atoms with E-state index in [2.05, 4.69) is 9.71 Å². The first-order chi connectivity index (χ1) is 11.8. The highest BCUT2D eigenvalue weighted by Crippen LogP contribution is 2.24. The molecule has 2 aromatic carbocycles. The number of aryl methyl sites for hydroxylation is 1. The summed E-state index contributed by atoms with van der Waals surface area (Å²) >= 11 is 7.36. The molecule has 3 aromatic rings. The number of benzene rings is 2. The minimum atomic E-state index is -3.66. The van der Waals surface area contributed by atoms with Crippen LogP contribution in [-0.2, 0) is 16.6 Å². The first-order valence-corrected chi connectivity index (χ1v) is 10.1. The lowest BCUT2D eigenvalue weighted by Crippen LogP contribution is -2.23. The Hall–Kier alpha value is -1.93. The van der Waals surface area contributed by atoms with Crippen LogP contribution in [0.3, 0.4) is 0 Å². The van der Waals surface area contributed by atoms with Crippen molar-refractivity contribution in [3.05, 3.63) is 63.4 Å². The molecule has 2 N–H and O–H groups in total. The maximum absolute atomic E-state index is 12.4. The van der Waals surface area contributed by atoms with E-state index in [-0.39, 0.29) is 17.2 Å². The molecule has 0 amide bonds. The van der Waals surface area contributed by atoms with Gasteiger partial charge in [-0.1, -0.05) is 17.7 Å². The summed E-state index contributed by atoms with van der Waals surface area (Å²) in [5.41, 5.74) is 2.41. The highest BCUT2D eigenvalue weighted by atomic mass is 35.5. The summed E-state index contributed by atoms with van der Waals surface area (Å²) in [4.78, 5) is 4.55. The van der Waals surface area contributed by atoms with Gasteiger partial charge in [0, 0.05) is 16.0 Å². The van der Waals surface area contributed by atoms with Crippen molar-refractivity contribution in [2.45, 2.75) is 18.4 Å². The van der Waals surface area contributed by atoms with Gasteiger partial charge in [0.2, 0.25) is 10.0 Å². The van der Waals surface area contributed by atoms with Crippen LogP contribution in [0.4, 0.5) is 0 Å². The first kappa shape index (κ1) is 17.9. The quantitative estimate of drug-likeness (QED) is 0.686. The molecule has 0 aliphatic carbocycles. The lowest BCUT2D eigenvalue weighted by Gasteiger charge is -2.06. The zero-order valence-corrected chi connectivity index (χ0v) is 15.6. The molecule has 0 saturated heterocycles. The Morgan fingerprint density at radius 1 is 1.20 bits per heavy atom. The predicted molar refractivity (Wildman–Crippen MR) is 99.4 cm³/mol. The molecule has 0 aliphatic rings. The van der Waals surface area contributed by atoms with E-state index >= 15 is 0 Å². The molecule has 0 saturated carbocycles. The molecule has 8 heteroatoms. The number of phenolic OH excluding ortho intramolecular Hbond substituents is 1. The lowest BCUT2D eigenvalue weighted by atomic mass is 10.2. The average molecular weight is 395 g/mol. The molecule has 5 nitrogen and oxygen atoms in total. The summed E-state index contributed by atoms with van der Waals surface area (Å²) in [6.45, 7) is 1.91. The van der Waals surface area contributed by atoms with Gasteiger partial charge in [0.15, 0.2) is 0 Å². The van der Waals surface area contributed by atoms with Crippen LogP contribution in [0.5, 0.6) is 5.75 Å². The van der Waals surface area contributed by atoms with Gasteiger partial charge in [0.1, 0.15) is 10.8 Å². The van der Waals surface area contributed by atoms with E-state index < -0.39 is 10.0 Å². The van der Waals surface area contributed by atoms with Crippen molar-refractivity contribution in [2.75, 3.05) is 0 Å². The Morgan fingerprint density at radius 3 is 2.60 bits per heavy atom. The number of rotatable bonds is 5. The van der Waals surface area contributed by atoms with Crippen LogP contribution in [0.15, 0.2) is 52.7 Å². The number of nitrogens with zero attached hydrogens (tertiary/aromatic N) is 1. The minimum absolute atomic E-state index is 0.0938. The number of phenols is 1. The molecule has 1 heterocycles. The van der Waals surface area contributed by atoms with Crippen LogP contribution in [0.25, 0.3) is 11.3 Å². The molecular weight excluding hydrogens is 380 g/mol. The summed E-state index contributed by atoms with van der Waals surface area (Å²) in [6.07, 6.45) is 0. The van der Waals surface area contributed by atoms with Crippen LogP contribution in [0.1, 0.15) is 10.6 Å². The van der Waals surface area contributed by atoms with Gasteiger partial charge in [0.25, 0.3) is 0 Å². The van der Waals surface area contributed by atoms with E-state index in [0.29, 0.717) is 10.0 Å². The second kappa shape index (κ2) is 7.13. The van der Waals surface area contributed by atoms with Crippen LogP contribution in [0.2, 0.25) is 5.02 Å². The molecular formula is C17H15ClN2O3S2. The predicted octanol–water partition coefficient (Wildman–Crippen LogP) is 3.96. The second-order valence-corrected chi connectivity index (χ2v) is 8.53. The smallest absolute Gasteiger partial charge is 0.241 e. The highest BCUT2D eigenvalue weighted by Gasteiger charge is 2.16. The molecule has 3 rings (SSSR count). The molecule has 1 aromatic heterocycles. The molecule has 0 unspecified atom stereocenters. The molecule has 0 bridgehead atoms. The van der Waals surface area contributed by atoms with Crippen molar-refractivity contribution < 1.29 is 13.5 Å². The molecule has 0 spiro atoms. The third kappa shape index (κ3) is 4.19. The van der Waals surface area contributed by atoms with E-state index in [1.165, 1.54) is 23.5 Å². The Kier molecular flexibility index (Phi) is 5.10. The monoisotopic (exact) mass is 394 g/mol. The number of hydrogen-bond donors (Lipinski definition) is 2. The van der Waals surface area contributed by atoms with Gasteiger partial charge in [-0.25, -0.2) is 18.1 Å². The first-order valence-electron chi connectivity index (χ1n) is 7.35. The number of halogens is 1. The fourth-order valence-electron chi connectivity index (χ4n) is 2.14. The molecule has 0 radical (unpaired) electrons. The third-order valence-corrected chi connectivity index (χ3v) is 6.24. The van der Waals surface area contributed by atoms with Gasteiger partial charge in [-0.05, 0) is 48.9 Å². The van der Waals surface area contributed by atoms with Gasteiger partial charge < -0.3 is 5.11 Å². The average Bonchev–Trinajstić information content (AvgIpc) is 3.05. The van der Waals surface area contributed by atoms with Gasteiger partial charge in [-0.2, -0.15) is 0 Å². The van der Waals surface area contributed by atoms with Gasteiger partial charge in [-0.15, -0.1) is 11.3 Å². The van der Waals surface area contributed by atoms with Gasteiger partial charge in [-0.3, -0.25) is 0 Å². The fraction of sp³-hybridized carbons (Fsp3) is 0.118. The zero-order chi connectivity index (χ0) is 18.0. The molecule has 0 fully saturated rings. The molecule has 0 atom stereocenters. The van der Waals surface area contributed by atoms with Crippen LogP contribution >= 0.6 is 22.9 Å². The molecule has 130 valence electrons. The standard InChI is InChI=1S/C17H15ClN2O3S2/c1-11-2-7-14(8-15(11)18)25(22,23)19-9-17-20-16(10-24-17)12-3-5-13(21)6-4-12/h2-8,10,19,21H,9H2,1H3. The van der Waals surface area contributed by atoms with E-state index in [4.69, 9.17) is 11.6 Å². The summed E-state index contributed by atoms with van der Waals surface area (Å²) in [5.74, 6) is 0.184. The van der Waals surface area contributed by atoms with Crippen molar-refractivity contribution in [3.63, 3.8) is 0 Å². The van der Waals surface area contributed by atoms with Gasteiger partial charge in [0.05, 0.1) is 17.1 Å². The molecule has 25 heavy (non-hydrogen) atoms. The van der Waals surface area contributed by atoms with Crippen LogP contribution in [0, 0.1) is 6.92 Å². The SMILES string of the molecule is Cc1ccc(S(=O)(=O)NCc2nc(-c3ccc(O)cc3)cs2)cc1Cl. The van der Waals surface area contributed by atoms with Crippen molar-refractivity contribution in [1.29, 1.82) is 0 Å². The minimum Gasteiger partial charge on any atom is -0.508 e.